The molecule has 0 N–H and O–H groups in total. The normalized spacial score (nSPS) is 10.7. The van der Waals surface area contributed by atoms with E-state index in [4.69, 9.17) is 9.47 Å². The number of carbonyl (C=O) groups is 2. The fraction of sp³-hybridized carbons (Fsp3) is 0.517. The Balaban J connectivity index is 1.66. The summed E-state index contributed by atoms with van der Waals surface area (Å²) in [6.07, 6.45) is 13.7. The van der Waals surface area contributed by atoms with E-state index in [2.05, 4.69) is 6.92 Å². The molecule has 0 fully saturated rings. The zero-order valence-electron chi connectivity index (χ0n) is 20.4. The Morgan fingerprint density at radius 3 is 1.79 bits per heavy atom. The predicted molar refractivity (Wildman–Crippen MR) is 133 cm³/mol. The van der Waals surface area contributed by atoms with Gasteiger partial charge in [0.2, 0.25) is 0 Å². The van der Waals surface area contributed by atoms with Gasteiger partial charge >= 0.3 is 11.9 Å². The standard InChI is InChI=1S/C29H40O4/c1-3-4-5-6-7-8-9-10-11-12-15-21-32-28(30)26-19-13-14-20-27(26)29(31)33-23-25-18-16-17-24(2)22-25/h13-14,16-20,22H,3-12,15,21,23H2,1-2H3. The molecule has 0 spiro atoms. The lowest BCUT2D eigenvalue weighted by Gasteiger charge is -2.10. The minimum Gasteiger partial charge on any atom is -0.462 e. The first-order valence-corrected chi connectivity index (χ1v) is 12.6. The zero-order valence-corrected chi connectivity index (χ0v) is 20.4. The molecule has 0 amide bonds. The predicted octanol–water partition coefficient (Wildman–Crippen LogP) is 7.82. The Morgan fingerprint density at radius 2 is 1.21 bits per heavy atom. The van der Waals surface area contributed by atoms with E-state index < -0.39 is 11.9 Å². The van der Waals surface area contributed by atoms with Gasteiger partial charge in [0.15, 0.2) is 0 Å². The van der Waals surface area contributed by atoms with Crippen molar-refractivity contribution in [2.75, 3.05) is 6.61 Å². The van der Waals surface area contributed by atoms with Crippen LogP contribution in [0.2, 0.25) is 0 Å². The molecule has 0 saturated carbocycles. The Kier molecular flexibility index (Phi) is 13.0. The van der Waals surface area contributed by atoms with E-state index in [1.54, 1.807) is 24.3 Å². The molecule has 0 atom stereocenters. The summed E-state index contributed by atoms with van der Waals surface area (Å²) in [6.45, 7) is 4.79. The van der Waals surface area contributed by atoms with Gasteiger partial charge in [-0.05, 0) is 31.0 Å². The zero-order chi connectivity index (χ0) is 23.7. The van der Waals surface area contributed by atoms with Crippen molar-refractivity contribution < 1.29 is 19.1 Å². The largest absolute Gasteiger partial charge is 0.462 e. The van der Waals surface area contributed by atoms with Crippen LogP contribution < -0.4 is 0 Å². The minimum absolute atomic E-state index is 0.169. The smallest absolute Gasteiger partial charge is 0.339 e. The summed E-state index contributed by atoms with van der Waals surface area (Å²) >= 11 is 0. The van der Waals surface area contributed by atoms with Gasteiger partial charge in [-0.2, -0.15) is 0 Å². The molecule has 0 aliphatic rings. The van der Waals surface area contributed by atoms with E-state index in [1.807, 2.05) is 31.2 Å². The van der Waals surface area contributed by atoms with E-state index in [1.165, 1.54) is 57.8 Å². The molecule has 2 aromatic carbocycles. The molecule has 0 aliphatic carbocycles. The van der Waals surface area contributed by atoms with Crippen molar-refractivity contribution in [3.8, 4) is 0 Å². The fourth-order valence-electron chi connectivity index (χ4n) is 3.88. The van der Waals surface area contributed by atoms with Crippen molar-refractivity contribution in [3.05, 3.63) is 70.8 Å². The van der Waals surface area contributed by atoms with Crippen LogP contribution in [-0.4, -0.2) is 18.5 Å². The minimum atomic E-state index is -0.515. The van der Waals surface area contributed by atoms with Crippen LogP contribution in [0.1, 0.15) is 109 Å². The van der Waals surface area contributed by atoms with Crippen molar-refractivity contribution in [2.45, 2.75) is 91.1 Å². The van der Waals surface area contributed by atoms with E-state index in [0.717, 1.165) is 24.0 Å². The molecule has 0 heterocycles. The molecule has 0 bridgehead atoms. The lowest BCUT2D eigenvalue weighted by atomic mass is 10.1. The van der Waals surface area contributed by atoms with Gasteiger partial charge in [-0.3, -0.25) is 0 Å². The first kappa shape index (κ1) is 26.6. The topological polar surface area (TPSA) is 52.6 Å². The molecule has 2 aromatic rings. The maximum atomic E-state index is 12.6. The van der Waals surface area contributed by atoms with E-state index in [9.17, 15) is 9.59 Å². The maximum absolute atomic E-state index is 12.6. The monoisotopic (exact) mass is 452 g/mol. The van der Waals surface area contributed by atoms with E-state index in [-0.39, 0.29) is 17.7 Å². The maximum Gasteiger partial charge on any atom is 0.339 e. The molecular formula is C29H40O4. The third-order valence-corrected chi connectivity index (χ3v) is 5.80. The van der Waals surface area contributed by atoms with Gasteiger partial charge in [0.1, 0.15) is 6.61 Å². The molecule has 0 radical (unpaired) electrons. The van der Waals surface area contributed by atoms with Gasteiger partial charge in [-0.25, -0.2) is 9.59 Å². The average Bonchev–Trinajstić information content (AvgIpc) is 2.83. The number of hydrogen-bond acceptors (Lipinski definition) is 4. The van der Waals surface area contributed by atoms with Crippen LogP contribution in [0.4, 0.5) is 0 Å². The second kappa shape index (κ2) is 16.1. The molecule has 33 heavy (non-hydrogen) atoms. The summed E-state index contributed by atoms with van der Waals surface area (Å²) in [7, 11) is 0. The Bertz CT molecular complexity index is 843. The van der Waals surface area contributed by atoms with Gasteiger partial charge in [0, 0.05) is 0 Å². The molecule has 0 saturated heterocycles. The summed E-state index contributed by atoms with van der Waals surface area (Å²) in [5.74, 6) is -0.982. The molecule has 180 valence electrons. The third kappa shape index (κ3) is 10.7. The van der Waals surface area contributed by atoms with Crippen LogP contribution in [-0.2, 0) is 16.1 Å². The number of rotatable bonds is 16. The number of esters is 2. The Hall–Kier alpha value is -2.62. The highest BCUT2D eigenvalue weighted by molar-refractivity contribution is 6.03. The van der Waals surface area contributed by atoms with Crippen molar-refractivity contribution >= 4 is 11.9 Å². The highest BCUT2D eigenvalue weighted by Crippen LogP contribution is 2.15. The number of benzene rings is 2. The molecule has 2 rings (SSSR count). The number of aryl methyl sites for hydroxylation is 1. The fourth-order valence-corrected chi connectivity index (χ4v) is 3.88. The lowest BCUT2D eigenvalue weighted by Crippen LogP contribution is -2.14. The molecule has 0 aromatic heterocycles. The number of unbranched alkanes of at least 4 members (excludes halogenated alkanes) is 10. The quantitative estimate of drug-likeness (QED) is 0.192. The van der Waals surface area contributed by atoms with Gasteiger partial charge < -0.3 is 9.47 Å². The SMILES string of the molecule is CCCCCCCCCCCCCOC(=O)c1ccccc1C(=O)OCc1cccc(C)c1. The van der Waals surface area contributed by atoms with Crippen molar-refractivity contribution in [1.82, 2.24) is 0 Å². The molecule has 0 aliphatic heterocycles. The number of ether oxygens (including phenoxy) is 2. The molecule has 0 unspecified atom stereocenters. The third-order valence-electron chi connectivity index (χ3n) is 5.80. The lowest BCUT2D eigenvalue weighted by molar-refractivity contribution is 0.0436. The van der Waals surface area contributed by atoms with Gasteiger partial charge in [0.05, 0.1) is 17.7 Å². The van der Waals surface area contributed by atoms with Crippen molar-refractivity contribution in [3.63, 3.8) is 0 Å². The molecule has 4 heteroatoms. The van der Waals surface area contributed by atoms with Crippen LogP contribution in [0.3, 0.4) is 0 Å². The molecule has 4 nitrogen and oxygen atoms in total. The number of carbonyl (C=O) groups excluding carboxylic acids is 2. The van der Waals surface area contributed by atoms with E-state index in [0.29, 0.717) is 6.61 Å². The van der Waals surface area contributed by atoms with Crippen molar-refractivity contribution in [2.24, 2.45) is 0 Å². The summed E-state index contributed by atoms with van der Waals surface area (Å²) < 4.78 is 10.9. The van der Waals surface area contributed by atoms with Crippen LogP contribution in [0, 0.1) is 6.92 Å². The summed E-state index contributed by atoms with van der Waals surface area (Å²) in [5.41, 5.74) is 2.53. The average molecular weight is 453 g/mol. The van der Waals surface area contributed by atoms with Gasteiger partial charge in [-0.1, -0.05) is 113 Å². The highest BCUT2D eigenvalue weighted by Gasteiger charge is 2.19. The van der Waals surface area contributed by atoms with E-state index >= 15 is 0 Å². The van der Waals surface area contributed by atoms with Crippen LogP contribution in [0.5, 0.6) is 0 Å². The highest BCUT2D eigenvalue weighted by atomic mass is 16.5. The Morgan fingerprint density at radius 1 is 0.667 bits per heavy atom. The number of hydrogen-bond donors (Lipinski definition) is 0. The van der Waals surface area contributed by atoms with Crippen molar-refractivity contribution in [1.29, 1.82) is 0 Å². The van der Waals surface area contributed by atoms with Crippen LogP contribution in [0.25, 0.3) is 0 Å². The van der Waals surface area contributed by atoms with Gasteiger partial charge in [-0.15, -0.1) is 0 Å². The summed E-state index contributed by atoms with van der Waals surface area (Å²) in [4.78, 5) is 25.1. The van der Waals surface area contributed by atoms with Crippen LogP contribution >= 0.6 is 0 Å². The first-order chi connectivity index (χ1) is 16.1. The Labute approximate surface area is 199 Å². The summed E-state index contributed by atoms with van der Waals surface area (Å²) in [5, 5.41) is 0. The second-order valence-corrected chi connectivity index (χ2v) is 8.78. The second-order valence-electron chi connectivity index (χ2n) is 8.78. The van der Waals surface area contributed by atoms with Gasteiger partial charge in [0.25, 0.3) is 0 Å². The first-order valence-electron chi connectivity index (χ1n) is 12.6. The summed E-state index contributed by atoms with van der Waals surface area (Å²) in [6, 6.07) is 14.5. The van der Waals surface area contributed by atoms with Crippen LogP contribution in [0.15, 0.2) is 48.5 Å². The molecular weight excluding hydrogens is 412 g/mol.